The molecular weight excluding hydrogens is 286 g/mol. The van der Waals surface area contributed by atoms with Crippen LogP contribution in [0.15, 0.2) is 22.7 Å². The second-order valence-corrected chi connectivity index (χ2v) is 3.94. The fraction of sp³-hybridized carbons (Fsp3) is 0.111. The second-order valence-electron chi connectivity index (χ2n) is 3.02. The molecule has 4 nitrogen and oxygen atoms in total. The van der Waals surface area contributed by atoms with E-state index in [2.05, 4.69) is 20.9 Å². The van der Waals surface area contributed by atoms with Gasteiger partial charge in [-0.05, 0) is 18.2 Å². The van der Waals surface area contributed by atoms with Crippen LogP contribution in [0.5, 0.6) is 0 Å². The first-order valence-electron chi connectivity index (χ1n) is 4.20. The van der Waals surface area contributed by atoms with Crippen molar-refractivity contribution in [2.24, 2.45) is 0 Å². The summed E-state index contributed by atoms with van der Waals surface area (Å²) in [7, 11) is 0. The van der Waals surface area contributed by atoms with Gasteiger partial charge in [0.25, 0.3) is 6.43 Å². The molecule has 2 rings (SSSR count). The molecule has 0 bridgehead atoms. The Morgan fingerprint density at radius 3 is 2.75 bits per heavy atom. The molecule has 0 aliphatic heterocycles. The SMILES string of the molecule is O=C(O)n1c(C(F)F)nc2ccc(Br)cc21. The van der Waals surface area contributed by atoms with Crippen LogP contribution in [0.2, 0.25) is 0 Å². The van der Waals surface area contributed by atoms with Gasteiger partial charge in [-0.25, -0.2) is 23.1 Å². The number of fused-ring (bicyclic) bond motifs is 1. The summed E-state index contributed by atoms with van der Waals surface area (Å²) >= 11 is 3.14. The summed E-state index contributed by atoms with van der Waals surface area (Å²) in [5, 5.41) is 8.87. The van der Waals surface area contributed by atoms with Crippen LogP contribution in [0.25, 0.3) is 11.0 Å². The number of halogens is 3. The number of hydrogen-bond acceptors (Lipinski definition) is 2. The topological polar surface area (TPSA) is 55.1 Å². The van der Waals surface area contributed by atoms with Gasteiger partial charge in [0.2, 0.25) is 0 Å². The fourth-order valence-corrected chi connectivity index (χ4v) is 1.76. The Morgan fingerprint density at radius 1 is 1.50 bits per heavy atom. The predicted octanol–water partition coefficient (Wildman–Crippen LogP) is 3.26. The monoisotopic (exact) mass is 290 g/mol. The lowest BCUT2D eigenvalue weighted by Gasteiger charge is -2.01. The number of nitrogens with zero attached hydrogens (tertiary/aromatic N) is 2. The van der Waals surface area contributed by atoms with Gasteiger partial charge in [-0.15, -0.1) is 0 Å². The molecule has 0 amide bonds. The van der Waals surface area contributed by atoms with E-state index in [1.165, 1.54) is 12.1 Å². The third-order valence-corrected chi connectivity index (χ3v) is 2.52. The maximum atomic E-state index is 12.6. The summed E-state index contributed by atoms with van der Waals surface area (Å²) in [5.74, 6) is -0.763. The molecule has 7 heteroatoms. The Morgan fingerprint density at radius 2 is 2.19 bits per heavy atom. The zero-order chi connectivity index (χ0) is 11.9. The van der Waals surface area contributed by atoms with Crippen LogP contribution in [-0.4, -0.2) is 20.8 Å². The summed E-state index contributed by atoms with van der Waals surface area (Å²) in [6.07, 6.45) is -4.40. The Kier molecular flexibility index (Phi) is 2.63. The lowest BCUT2D eigenvalue weighted by atomic mass is 10.3. The van der Waals surface area contributed by atoms with Gasteiger partial charge < -0.3 is 5.11 Å². The van der Waals surface area contributed by atoms with Gasteiger partial charge in [0, 0.05) is 4.47 Å². The summed E-state index contributed by atoms with van der Waals surface area (Å²) in [6.45, 7) is 0. The first kappa shape index (κ1) is 11.0. The maximum absolute atomic E-state index is 12.6. The normalized spacial score (nSPS) is 11.2. The van der Waals surface area contributed by atoms with Crippen LogP contribution in [0.3, 0.4) is 0 Å². The highest BCUT2D eigenvalue weighted by molar-refractivity contribution is 9.10. The molecule has 1 N–H and O–H groups in total. The third-order valence-electron chi connectivity index (χ3n) is 2.03. The molecule has 2 aromatic rings. The van der Waals surface area contributed by atoms with Crippen LogP contribution in [-0.2, 0) is 0 Å². The molecule has 16 heavy (non-hydrogen) atoms. The van der Waals surface area contributed by atoms with Crippen LogP contribution >= 0.6 is 15.9 Å². The third kappa shape index (κ3) is 1.67. The first-order valence-corrected chi connectivity index (χ1v) is 4.99. The fourth-order valence-electron chi connectivity index (χ4n) is 1.41. The molecule has 0 saturated heterocycles. The lowest BCUT2D eigenvalue weighted by Crippen LogP contribution is -2.12. The highest BCUT2D eigenvalue weighted by atomic mass is 79.9. The number of carboxylic acid groups (broad SMARTS) is 1. The van der Waals surface area contributed by atoms with E-state index in [-0.39, 0.29) is 11.0 Å². The zero-order valence-corrected chi connectivity index (χ0v) is 9.28. The largest absolute Gasteiger partial charge is 0.464 e. The van der Waals surface area contributed by atoms with Crippen LogP contribution in [0.4, 0.5) is 13.6 Å². The molecule has 0 aliphatic carbocycles. The molecule has 0 atom stereocenters. The Hall–Kier alpha value is -1.50. The number of rotatable bonds is 1. The predicted molar refractivity (Wildman–Crippen MR) is 55.8 cm³/mol. The number of carbonyl (C=O) groups is 1. The van der Waals surface area contributed by atoms with Gasteiger partial charge in [0.15, 0.2) is 5.82 Å². The zero-order valence-electron chi connectivity index (χ0n) is 7.69. The van der Waals surface area contributed by atoms with E-state index in [0.29, 0.717) is 9.04 Å². The minimum Gasteiger partial charge on any atom is -0.464 e. The van der Waals surface area contributed by atoms with Crippen molar-refractivity contribution in [3.05, 3.63) is 28.5 Å². The molecule has 0 unspecified atom stereocenters. The molecule has 0 aliphatic rings. The summed E-state index contributed by atoms with van der Waals surface area (Å²) in [5.41, 5.74) is 0.359. The number of imidazole rings is 1. The van der Waals surface area contributed by atoms with Crippen molar-refractivity contribution in [2.45, 2.75) is 6.43 Å². The van der Waals surface area contributed by atoms with Crippen molar-refractivity contribution < 1.29 is 18.7 Å². The van der Waals surface area contributed by atoms with Gasteiger partial charge in [0.1, 0.15) is 0 Å². The summed E-state index contributed by atoms with van der Waals surface area (Å²) < 4.78 is 26.2. The number of benzene rings is 1. The smallest absolute Gasteiger partial charge is 0.417 e. The van der Waals surface area contributed by atoms with E-state index in [0.717, 1.165) is 0 Å². The van der Waals surface area contributed by atoms with Gasteiger partial charge in [0.05, 0.1) is 11.0 Å². The highest BCUT2D eigenvalue weighted by Crippen LogP contribution is 2.26. The van der Waals surface area contributed by atoms with E-state index >= 15 is 0 Å². The Balaban J connectivity index is 2.82. The first-order chi connectivity index (χ1) is 7.50. The molecule has 0 fully saturated rings. The number of aromatic nitrogens is 2. The molecular formula is C9H5BrF2N2O2. The quantitative estimate of drug-likeness (QED) is 0.877. The Labute approximate surface area is 96.6 Å². The van der Waals surface area contributed by atoms with Crippen molar-refractivity contribution in [1.82, 2.24) is 9.55 Å². The van der Waals surface area contributed by atoms with Gasteiger partial charge >= 0.3 is 6.09 Å². The van der Waals surface area contributed by atoms with Crippen molar-refractivity contribution in [1.29, 1.82) is 0 Å². The summed E-state index contributed by atoms with van der Waals surface area (Å²) in [6, 6.07) is 4.52. The molecule has 84 valence electrons. The van der Waals surface area contributed by atoms with Crippen molar-refractivity contribution in [2.75, 3.05) is 0 Å². The van der Waals surface area contributed by atoms with Gasteiger partial charge in [-0.3, -0.25) is 0 Å². The average molecular weight is 291 g/mol. The second kappa shape index (κ2) is 3.82. The van der Waals surface area contributed by atoms with E-state index in [4.69, 9.17) is 5.11 Å². The molecule has 0 spiro atoms. The van der Waals surface area contributed by atoms with E-state index in [1.54, 1.807) is 6.07 Å². The van der Waals surface area contributed by atoms with Crippen molar-refractivity contribution >= 4 is 33.1 Å². The minimum absolute atomic E-state index is 0.136. The molecule has 1 aromatic carbocycles. The standard InChI is InChI=1S/C9H5BrF2N2O2/c10-4-1-2-5-6(3-4)14(9(15)16)8(13-5)7(11)12/h1-3,7H,(H,15,16). The van der Waals surface area contributed by atoms with Crippen LogP contribution in [0.1, 0.15) is 12.2 Å². The average Bonchev–Trinajstić information content (AvgIpc) is 2.55. The van der Waals surface area contributed by atoms with Crippen molar-refractivity contribution in [3.63, 3.8) is 0 Å². The minimum atomic E-state index is -2.93. The maximum Gasteiger partial charge on any atom is 0.417 e. The number of alkyl halides is 2. The molecule has 0 radical (unpaired) electrons. The van der Waals surface area contributed by atoms with E-state index in [9.17, 15) is 13.6 Å². The molecule has 1 aromatic heterocycles. The van der Waals surface area contributed by atoms with E-state index < -0.39 is 18.3 Å². The van der Waals surface area contributed by atoms with Crippen molar-refractivity contribution in [3.8, 4) is 0 Å². The van der Waals surface area contributed by atoms with Crippen LogP contribution in [0, 0.1) is 0 Å². The highest BCUT2D eigenvalue weighted by Gasteiger charge is 2.22. The molecule has 1 heterocycles. The summed E-state index contributed by atoms with van der Waals surface area (Å²) in [4.78, 5) is 14.5. The number of hydrogen-bond donors (Lipinski definition) is 1. The lowest BCUT2D eigenvalue weighted by molar-refractivity contribution is 0.133. The molecule has 0 saturated carbocycles. The Bertz CT molecular complexity index is 568. The van der Waals surface area contributed by atoms with Gasteiger partial charge in [-0.1, -0.05) is 15.9 Å². The van der Waals surface area contributed by atoms with E-state index in [1.807, 2.05) is 0 Å². The van der Waals surface area contributed by atoms with Crippen LogP contribution < -0.4 is 0 Å². The van der Waals surface area contributed by atoms with Gasteiger partial charge in [-0.2, -0.15) is 0 Å².